The summed E-state index contributed by atoms with van der Waals surface area (Å²) in [6, 6.07) is 9.33. The maximum absolute atomic E-state index is 12.6. The molecule has 0 radical (unpaired) electrons. The van der Waals surface area contributed by atoms with Gasteiger partial charge in [-0.15, -0.1) is 0 Å². The molecule has 1 aromatic carbocycles. The highest BCUT2D eigenvalue weighted by molar-refractivity contribution is 7.89. The number of aromatic nitrogens is 2. The van der Waals surface area contributed by atoms with Crippen LogP contribution >= 0.6 is 0 Å². The van der Waals surface area contributed by atoms with Gasteiger partial charge in [0.05, 0.1) is 17.6 Å². The normalized spacial score (nSPS) is 12.8. The Morgan fingerprint density at radius 3 is 2.23 bits per heavy atom. The number of sulfonamides is 1. The summed E-state index contributed by atoms with van der Waals surface area (Å²) in [5.41, 5.74) is 1.02. The van der Waals surface area contributed by atoms with Crippen molar-refractivity contribution < 1.29 is 8.42 Å². The van der Waals surface area contributed by atoms with Crippen LogP contribution < -0.4 is 4.72 Å². The van der Waals surface area contributed by atoms with Gasteiger partial charge in [0.2, 0.25) is 10.0 Å². The van der Waals surface area contributed by atoms with Gasteiger partial charge in [-0.25, -0.2) is 17.8 Å². The summed E-state index contributed by atoms with van der Waals surface area (Å²) in [5, 5.41) is 4.52. The largest absolute Gasteiger partial charge is 0.244 e. The number of para-hydroxylation sites is 1. The lowest BCUT2D eigenvalue weighted by molar-refractivity contribution is 0.536. The molecule has 0 unspecified atom stereocenters. The Morgan fingerprint density at radius 2 is 1.73 bits per heavy atom. The Morgan fingerprint density at radius 1 is 1.14 bits per heavy atom. The van der Waals surface area contributed by atoms with E-state index >= 15 is 0 Å². The Labute approximate surface area is 132 Å². The molecule has 0 fully saturated rings. The van der Waals surface area contributed by atoms with Gasteiger partial charge >= 0.3 is 0 Å². The molecule has 0 aliphatic rings. The smallest absolute Gasteiger partial charge is 0.239 e. The highest BCUT2D eigenvalue weighted by Gasteiger charge is 2.30. The van der Waals surface area contributed by atoms with Gasteiger partial charge in [0.15, 0.2) is 0 Å². The number of rotatable bonds is 4. The summed E-state index contributed by atoms with van der Waals surface area (Å²) < 4.78 is 29.4. The topological polar surface area (TPSA) is 64.0 Å². The van der Waals surface area contributed by atoms with Crippen molar-refractivity contribution in [3.05, 3.63) is 42.2 Å². The zero-order valence-electron chi connectivity index (χ0n) is 13.7. The Hall–Kier alpha value is -1.66. The maximum Gasteiger partial charge on any atom is 0.244 e. The zero-order chi connectivity index (χ0) is 16.5. The monoisotopic (exact) mass is 321 g/mol. The van der Waals surface area contributed by atoms with E-state index < -0.39 is 10.0 Å². The molecule has 5 nitrogen and oxygen atoms in total. The molecule has 120 valence electrons. The maximum atomic E-state index is 12.6. The molecule has 0 saturated heterocycles. The van der Waals surface area contributed by atoms with Gasteiger partial charge in [-0.1, -0.05) is 39.0 Å². The first-order valence-corrected chi connectivity index (χ1v) is 8.77. The summed E-state index contributed by atoms with van der Waals surface area (Å²) >= 11 is 0. The van der Waals surface area contributed by atoms with E-state index in [0.717, 1.165) is 5.69 Å². The van der Waals surface area contributed by atoms with Gasteiger partial charge in [0.25, 0.3) is 0 Å². The minimum absolute atomic E-state index is 0.169. The lowest BCUT2D eigenvalue weighted by Gasteiger charge is -2.18. The fraction of sp³-hybridized carbons (Fsp3) is 0.438. The van der Waals surface area contributed by atoms with Crippen molar-refractivity contribution in [3.8, 4) is 5.69 Å². The second kappa shape index (κ2) is 5.85. The van der Waals surface area contributed by atoms with Crippen LogP contribution in [-0.2, 0) is 15.4 Å². The number of nitrogens with one attached hydrogen (secondary N) is 1. The molecule has 1 aromatic heterocycles. The van der Waals surface area contributed by atoms with Crippen LogP contribution in [0.2, 0.25) is 0 Å². The molecule has 1 N–H and O–H groups in total. The molecule has 1 heterocycles. The van der Waals surface area contributed by atoms with Gasteiger partial charge in [-0.05, 0) is 26.0 Å². The number of benzene rings is 1. The van der Waals surface area contributed by atoms with Crippen molar-refractivity contribution in [2.75, 3.05) is 0 Å². The summed E-state index contributed by atoms with van der Waals surface area (Å²) in [6.45, 7) is 9.48. The Balaban J connectivity index is 2.61. The second-order valence-electron chi connectivity index (χ2n) is 6.65. The van der Waals surface area contributed by atoms with Gasteiger partial charge in [0, 0.05) is 11.5 Å². The molecule has 2 aromatic rings. The molecule has 0 bridgehead atoms. The van der Waals surface area contributed by atoms with Crippen LogP contribution in [0.5, 0.6) is 0 Å². The quantitative estimate of drug-likeness (QED) is 0.942. The molecule has 0 saturated carbocycles. The Bertz CT molecular complexity index is 741. The van der Waals surface area contributed by atoms with Crippen molar-refractivity contribution >= 4 is 10.0 Å². The van der Waals surface area contributed by atoms with E-state index in [4.69, 9.17) is 0 Å². The zero-order valence-corrected chi connectivity index (χ0v) is 14.5. The third-order valence-electron chi connectivity index (χ3n) is 3.09. The van der Waals surface area contributed by atoms with Crippen LogP contribution in [0.3, 0.4) is 0 Å². The summed E-state index contributed by atoms with van der Waals surface area (Å²) in [6.07, 6.45) is 1.58. The lowest BCUT2D eigenvalue weighted by Crippen LogP contribution is -2.31. The van der Waals surface area contributed by atoms with Crippen molar-refractivity contribution in [1.29, 1.82) is 0 Å². The van der Waals surface area contributed by atoms with E-state index in [1.807, 2.05) is 51.1 Å². The molecule has 22 heavy (non-hydrogen) atoms. The first kappa shape index (κ1) is 16.7. The van der Waals surface area contributed by atoms with Crippen LogP contribution in [0.25, 0.3) is 5.69 Å². The van der Waals surface area contributed by atoms with Gasteiger partial charge in [0.1, 0.15) is 4.90 Å². The minimum Gasteiger partial charge on any atom is -0.239 e. The Kier molecular flexibility index (Phi) is 4.44. The van der Waals surface area contributed by atoms with Crippen molar-refractivity contribution in [2.24, 2.45) is 0 Å². The average molecular weight is 321 g/mol. The van der Waals surface area contributed by atoms with Crippen molar-refractivity contribution in [2.45, 2.75) is 51.0 Å². The summed E-state index contributed by atoms with van der Waals surface area (Å²) in [4.78, 5) is 0.234. The highest BCUT2D eigenvalue weighted by atomic mass is 32.2. The number of hydrogen-bond donors (Lipinski definition) is 1. The van der Waals surface area contributed by atoms with Gasteiger partial charge < -0.3 is 0 Å². The van der Waals surface area contributed by atoms with Gasteiger partial charge in [-0.3, -0.25) is 0 Å². The predicted molar refractivity (Wildman–Crippen MR) is 87.7 cm³/mol. The summed E-state index contributed by atoms with van der Waals surface area (Å²) in [5.74, 6) is 0. The van der Waals surface area contributed by atoms with Gasteiger partial charge in [-0.2, -0.15) is 5.10 Å². The summed E-state index contributed by atoms with van der Waals surface area (Å²) in [7, 11) is -3.59. The SMILES string of the molecule is CC(C)NS(=O)(=O)c1cn(-c2ccccc2)nc1C(C)(C)C. The number of hydrogen-bond acceptors (Lipinski definition) is 3. The van der Waals surface area contributed by atoms with E-state index in [-0.39, 0.29) is 16.4 Å². The molecule has 6 heteroatoms. The van der Waals surface area contributed by atoms with Crippen molar-refractivity contribution in [3.63, 3.8) is 0 Å². The first-order valence-electron chi connectivity index (χ1n) is 7.29. The molecule has 0 amide bonds. The average Bonchev–Trinajstić information content (AvgIpc) is 2.84. The first-order chi connectivity index (χ1) is 10.1. The second-order valence-corrected chi connectivity index (χ2v) is 8.33. The molecular weight excluding hydrogens is 298 g/mol. The van der Waals surface area contributed by atoms with Crippen LogP contribution in [0.1, 0.15) is 40.3 Å². The lowest BCUT2D eigenvalue weighted by atomic mass is 9.92. The van der Waals surface area contributed by atoms with E-state index in [9.17, 15) is 8.42 Å². The van der Waals surface area contributed by atoms with Crippen LogP contribution in [0.4, 0.5) is 0 Å². The minimum atomic E-state index is -3.59. The molecule has 0 atom stereocenters. The van der Waals surface area contributed by atoms with Crippen molar-refractivity contribution in [1.82, 2.24) is 14.5 Å². The third-order valence-corrected chi connectivity index (χ3v) is 4.75. The molecule has 0 spiro atoms. The van der Waals surface area contributed by atoms with E-state index in [0.29, 0.717) is 5.69 Å². The molecular formula is C16H23N3O2S. The highest BCUT2D eigenvalue weighted by Crippen LogP contribution is 2.28. The predicted octanol–water partition coefficient (Wildman–Crippen LogP) is 2.86. The number of nitrogens with zero attached hydrogens (tertiary/aromatic N) is 2. The van der Waals surface area contributed by atoms with E-state index in [1.165, 1.54) is 0 Å². The van der Waals surface area contributed by atoms with Crippen LogP contribution in [0, 0.1) is 0 Å². The molecule has 0 aliphatic carbocycles. The van der Waals surface area contributed by atoms with E-state index in [1.54, 1.807) is 24.7 Å². The molecule has 2 rings (SSSR count). The fourth-order valence-corrected chi connectivity index (χ4v) is 3.75. The fourth-order valence-electron chi connectivity index (χ4n) is 2.16. The standard InChI is InChI=1S/C16H23N3O2S/c1-12(2)18-22(20,21)14-11-19(13-9-7-6-8-10-13)17-15(14)16(3,4)5/h6-12,18H,1-5H3. The van der Waals surface area contributed by atoms with E-state index in [2.05, 4.69) is 9.82 Å². The van der Waals surface area contributed by atoms with Crippen LogP contribution in [0.15, 0.2) is 41.4 Å². The molecule has 0 aliphatic heterocycles. The van der Waals surface area contributed by atoms with Crippen LogP contribution in [-0.4, -0.2) is 24.2 Å². The third kappa shape index (κ3) is 3.56.